The first-order chi connectivity index (χ1) is 11.7. The van der Waals surface area contributed by atoms with Crippen molar-refractivity contribution >= 4 is 11.6 Å². The third-order valence-electron chi connectivity index (χ3n) is 5.12. The van der Waals surface area contributed by atoms with Crippen molar-refractivity contribution in [3.63, 3.8) is 0 Å². The molecular weight excluding hydrogens is 300 g/mol. The van der Waals surface area contributed by atoms with Crippen molar-refractivity contribution in [2.75, 3.05) is 5.32 Å². The van der Waals surface area contributed by atoms with Crippen LogP contribution >= 0.6 is 0 Å². The van der Waals surface area contributed by atoms with Crippen LogP contribution in [-0.4, -0.2) is 28.2 Å². The van der Waals surface area contributed by atoms with Crippen LogP contribution in [0.4, 0.5) is 5.69 Å². The van der Waals surface area contributed by atoms with Gasteiger partial charge in [-0.05, 0) is 62.2 Å². The topological polar surface area (TPSA) is 59.9 Å². The molecule has 0 radical (unpaired) electrons. The first kappa shape index (κ1) is 15.1. The smallest absolute Gasteiger partial charge is 0.202 e. The second-order valence-electron chi connectivity index (χ2n) is 6.77. The Kier molecular flexibility index (Phi) is 3.92. The molecule has 1 saturated carbocycles. The van der Waals surface area contributed by atoms with Crippen molar-refractivity contribution in [3.8, 4) is 5.75 Å². The molecule has 0 spiro atoms. The number of aromatic hydroxyl groups is 1. The number of hydrogen-bond acceptors (Lipinski definition) is 5. The molecule has 0 aromatic heterocycles. The first-order valence-electron chi connectivity index (χ1n) is 8.75. The van der Waals surface area contributed by atoms with Crippen LogP contribution in [-0.2, 0) is 0 Å². The summed E-state index contributed by atoms with van der Waals surface area (Å²) in [6, 6.07) is 7.65. The van der Waals surface area contributed by atoms with E-state index < -0.39 is 0 Å². The van der Waals surface area contributed by atoms with E-state index in [1.54, 1.807) is 12.1 Å². The Labute approximate surface area is 142 Å². The van der Waals surface area contributed by atoms with Gasteiger partial charge in [-0.1, -0.05) is 18.9 Å². The zero-order valence-corrected chi connectivity index (χ0v) is 14.0. The highest BCUT2D eigenvalue weighted by Crippen LogP contribution is 2.33. The lowest BCUT2D eigenvalue weighted by molar-refractivity contribution is 0.221. The molecule has 3 N–H and O–H groups in total. The van der Waals surface area contributed by atoms with Crippen LogP contribution in [0.15, 0.2) is 52.8 Å². The van der Waals surface area contributed by atoms with Gasteiger partial charge in [0.2, 0.25) is 5.96 Å². The SMILES string of the molecule is CC1=C2CC=CN(C3CCCC3)C2N=C(Nc2ccc(O)cc2)N1. The average Bonchev–Trinajstić information content (AvgIpc) is 3.11. The number of nitrogens with zero attached hydrogens (tertiary/aromatic N) is 2. The normalized spacial score (nSPS) is 23.8. The summed E-state index contributed by atoms with van der Waals surface area (Å²) in [5.74, 6) is 1.03. The van der Waals surface area contributed by atoms with Gasteiger partial charge < -0.3 is 20.6 Å². The number of nitrogens with one attached hydrogen (secondary N) is 2. The van der Waals surface area contributed by atoms with Gasteiger partial charge in [0.1, 0.15) is 11.9 Å². The predicted molar refractivity (Wildman–Crippen MR) is 96.6 cm³/mol. The summed E-state index contributed by atoms with van der Waals surface area (Å²) < 4.78 is 0. The van der Waals surface area contributed by atoms with Crippen molar-refractivity contribution in [3.05, 3.63) is 47.8 Å². The minimum atomic E-state index is 0.0963. The highest BCUT2D eigenvalue weighted by Gasteiger charge is 2.33. The fraction of sp³-hybridized carbons (Fsp3) is 0.421. The molecule has 1 aromatic carbocycles. The number of aliphatic imine (C=N–C) groups is 1. The fourth-order valence-corrected chi connectivity index (χ4v) is 3.84. The minimum absolute atomic E-state index is 0.0963. The van der Waals surface area contributed by atoms with Crippen molar-refractivity contribution in [1.82, 2.24) is 10.2 Å². The quantitative estimate of drug-likeness (QED) is 0.729. The van der Waals surface area contributed by atoms with Gasteiger partial charge in [-0.25, -0.2) is 4.99 Å². The molecule has 126 valence electrons. The van der Waals surface area contributed by atoms with Crippen molar-refractivity contribution in [1.29, 1.82) is 0 Å². The Balaban J connectivity index is 1.59. The molecule has 5 nitrogen and oxygen atoms in total. The van der Waals surface area contributed by atoms with Crippen LogP contribution in [0.5, 0.6) is 5.75 Å². The number of allylic oxidation sites excluding steroid dienone is 2. The number of anilines is 1. The number of guanidine groups is 1. The maximum Gasteiger partial charge on any atom is 0.202 e. The van der Waals surface area contributed by atoms with Crippen LogP contribution < -0.4 is 10.6 Å². The minimum Gasteiger partial charge on any atom is -0.508 e. The van der Waals surface area contributed by atoms with Gasteiger partial charge in [-0.2, -0.15) is 0 Å². The number of phenolic OH excluding ortho intramolecular Hbond substituents is 1. The standard InChI is InChI=1S/C19H24N4O/c1-13-17-7-4-12-23(15-5-2-3-6-15)18(17)22-19(20-13)21-14-8-10-16(24)11-9-14/h4,8-12,15,18,24H,2-3,5-7H2,1H3,(H2,20,21,22). The van der Waals surface area contributed by atoms with E-state index in [0.29, 0.717) is 6.04 Å². The molecule has 1 fully saturated rings. The van der Waals surface area contributed by atoms with Gasteiger partial charge in [0.15, 0.2) is 0 Å². The van der Waals surface area contributed by atoms with Crippen LogP contribution in [0.1, 0.15) is 39.0 Å². The molecule has 0 saturated heterocycles. The molecule has 1 aliphatic carbocycles. The highest BCUT2D eigenvalue weighted by molar-refractivity contribution is 5.95. The number of benzene rings is 1. The molecular formula is C19H24N4O. The van der Waals surface area contributed by atoms with Gasteiger partial charge >= 0.3 is 0 Å². The van der Waals surface area contributed by atoms with E-state index >= 15 is 0 Å². The third kappa shape index (κ3) is 2.86. The zero-order chi connectivity index (χ0) is 16.5. The lowest BCUT2D eigenvalue weighted by Gasteiger charge is -2.40. The number of fused-ring (bicyclic) bond motifs is 1. The molecule has 24 heavy (non-hydrogen) atoms. The molecule has 5 heteroatoms. The molecule has 2 heterocycles. The Morgan fingerprint density at radius 2 is 1.96 bits per heavy atom. The summed E-state index contributed by atoms with van der Waals surface area (Å²) in [5.41, 5.74) is 3.46. The number of rotatable bonds is 2. The largest absolute Gasteiger partial charge is 0.508 e. The van der Waals surface area contributed by atoms with E-state index in [2.05, 4.69) is 34.7 Å². The number of phenols is 1. The maximum absolute atomic E-state index is 9.42. The first-order valence-corrected chi connectivity index (χ1v) is 8.75. The fourth-order valence-electron chi connectivity index (χ4n) is 3.84. The zero-order valence-electron chi connectivity index (χ0n) is 14.0. The second kappa shape index (κ2) is 6.23. The molecule has 1 aromatic rings. The molecule has 3 aliphatic rings. The third-order valence-corrected chi connectivity index (χ3v) is 5.12. The molecule has 0 bridgehead atoms. The second-order valence-corrected chi connectivity index (χ2v) is 6.77. The Morgan fingerprint density at radius 1 is 1.21 bits per heavy atom. The van der Waals surface area contributed by atoms with Crippen LogP contribution in [0, 0.1) is 0 Å². The van der Waals surface area contributed by atoms with Gasteiger partial charge in [0, 0.05) is 17.4 Å². The lowest BCUT2D eigenvalue weighted by atomic mass is 10.00. The maximum atomic E-state index is 9.42. The summed E-state index contributed by atoms with van der Waals surface area (Å²) in [6.45, 7) is 2.13. The molecule has 1 atom stereocenters. The monoisotopic (exact) mass is 324 g/mol. The molecule has 4 rings (SSSR count). The van der Waals surface area contributed by atoms with E-state index in [0.717, 1.165) is 18.1 Å². The molecule has 0 amide bonds. The lowest BCUT2D eigenvalue weighted by Crippen LogP contribution is -2.46. The van der Waals surface area contributed by atoms with Gasteiger partial charge in [-0.3, -0.25) is 0 Å². The summed E-state index contributed by atoms with van der Waals surface area (Å²) >= 11 is 0. The van der Waals surface area contributed by atoms with E-state index in [-0.39, 0.29) is 11.9 Å². The van der Waals surface area contributed by atoms with Crippen LogP contribution in [0.2, 0.25) is 0 Å². The van der Waals surface area contributed by atoms with Gasteiger partial charge in [-0.15, -0.1) is 0 Å². The van der Waals surface area contributed by atoms with Gasteiger partial charge in [0.05, 0.1) is 0 Å². The average molecular weight is 324 g/mol. The van der Waals surface area contributed by atoms with Crippen LogP contribution in [0.25, 0.3) is 0 Å². The Bertz CT molecular complexity index is 699. The highest BCUT2D eigenvalue weighted by atomic mass is 16.3. The summed E-state index contributed by atoms with van der Waals surface area (Å²) in [7, 11) is 0. The molecule has 2 aliphatic heterocycles. The van der Waals surface area contributed by atoms with Crippen molar-refractivity contribution in [2.24, 2.45) is 4.99 Å². The summed E-state index contributed by atoms with van der Waals surface area (Å²) in [5, 5.41) is 16.1. The number of hydrogen-bond donors (Lipinski definition) is 3. The van der Waals surface area contributed by atoms with Gasteiger partial charge in [0.25, 0.3) is 0 Å². The van der Waals surface area contributed by atoms with Crippen molar-refractivity contribution in [2.45, 2.75) is 51.2 Å². The Morgan fingerprint density at radius 3 is 2.71 bits per heavy atom. The predicted octanol–water partition coefficient (Wildman–Crippen LogP) is 3.53. The van der Waals surface area contributed by atoms with E-state index in [9.17, 15) is 5.11 Å². The Hall–Kier alpha value is -2.43. The van der Waals surface area contributed by atoms with E-state index in [4.69, 9.17) is 4.99 Å². The summed E-state index contributed by atoms with van der Waals surface area (Å²) in [4.78, 5) is 7.39. The van der Waals surface area contributed by atoms with E-state index in [1.165, 1.54) is 37.0 Å². The summed E-state index contributed by atoms with van der Waals surface area (Å²) in [6.07, 6.45) is 10.7. The molecule has 1 unspecified atom stereocenters. The van der Waals surface area contributed by atoms with Crippen LogP contribution in [0.3, 0.4) is 0 Å². The van der Waals surface area contributed by atoms with E-state index in [1.807, 2.05) is 12.1 Å². The van der Waals surface area contributed by atoms with Crippen molar-refractivity contribution < 1.29 is 5.11 Å².